The van der Waals surface area contributed by atoms with E-state index in [0.717, 1.165) is 10.3 Å². The van der Waals surface area contributed by atoms with Gasteiger partial charge in [0.2, 0.25) is 0 Å². The summed E-state index contributed by atoms with van der Waals surface area (Å²) in [6, 6.07) is 7.90. The van der Waals surface area contributed by atoms with Crippen molar-refractivity contribution in [1.29, 1.82) is 0 Å². The van der Waals surface area contributed by atoms with E-state index in [0.29, 0.717) is 0 Å². The lowest BCUT2D eigenvalue weighted by Crippen LogP contribution is -1.91. The Kier molecular flexibility index (Phi) is 1.96. The van der Waals surface area contributed by atoms with Gasteiger partial charge in [0.25, 0.3) is 0 Å². The molecule has 0 fully saturated rings. The van der Waals surface area contributed by atoms with E-state index in [9.17, 15) is 0 Å². The predicted molar refractivity (Wildman–Crippen MR) is 51.3 cm³/mol. The third kappa shape index (κ3) is 1.28. The lowest BCUT2D eigenvalue weighted by molar-refractivity contribution is 1.04. The lowest BCUT2D eigenvalue weighted by atomic mass is 10.4. The van der Waals surface area contributed by atoms with E-state index in [1.54, 1.807) is 6.20 Å². The maximum atomic E-state index is 4.13. The monoisotopic (exact) mass is 222 g/mol. The van der Waals surface area contributed by atoms with Crippen LogP contribution in [0, 0.1) is 0 Å². The van der Waals surface area contributed by atoms with Crippen molar-refractivity contribution in [3.63, 3.8) is 0 Å². The van der Waals surface area contributed by atoms with E-state index in [1.165, 1.54) is 0 Å². The number of rotatable bonds is 1. The zero-order valence-corrected chi connectivity index (χ0v) is 7.90. The molecule has 3 heteroatoms. The van der Waals surface area contributed by atoms with Crippen LogP contribution in [0.5, 0.6) is 0 Å². The number of nitrogens with zero attached hydrogens (tertiary/aromatic N) is 2. The Morgan fingerprint density at radius 2 is 1.92 bits per heavy atom. The van der Waals surface area contributed by atoms with Gasteiger partial charge in [0.05, 0.1) is 5.69 Å². The maximum absolute atomic E-state index is 4.13. The molecule has 0 bridgehead atoms. The van der Waals surface area contributed by atoms with Crippen LogP contribution in [0.4, 0.5) is 0 Å². The average molecular weight is 223 g/mol. The minimum atomic E-state index is 0.862. The van der Waals surface area contributed by atoms with Gasteiger partial charge in [-0.1, -0.05) is 0 Å². The highest BCUT2D eigenvalue weighted by Crippen LogP contribution is 2.16. The van der Waals surface area contributed by atoms with E-state index < -0.39 is 0 Å². The van der Waals surface area contributed by atoms with Gasteiger partial charge < -0.3 is 4.57 Å². The van der Waals surface area contributed by atoms with Gasteiger partial charge in [-0.3, -0.25) is 0 Å². The zero-order valence-electron chi connectivity index (χ0n) is 6.31. The second-order valence-electron chi connectivity index (χ2n) is 2.40. The fraction of sp³-hybridized carbons (Fsp3) is 0. The molecule has 0 spiro atoms. The van der Waals surface area contributed by atoms with Crippen LogP contribution < -0.4 is 0 Å². The van der Waals surface area contributed by atoms with Gasteiger partial charge in [0.1, 0.15) is 4.60 Å². The topological polar surface area (TPSA) is 17.8 Å². The SMILES string of the molecule is Brc1ncccc1-n1cccc1. The van der Waals surface area contributed by atoms with Crippen LogP contribution in [0.3, 0.4) is 0 Å². The van der Waals surface area contributed by atoms with E-state index in [1.807, 2.05) is 41.2 Å². The predicted octanol–water partition coefficient (Wildman–Crippen LogP) is 2.63. The molecule has 2 aromatic heterocycles. The van der Waals surface area contributed by atoms with Crippen molar-refractivity contribution in [3.8, 4) is 5.69 Å². The van der Waals surface area contributed by atoms with Gasteiger partial charge >= 0.3 is 0 Å². The van der Waals surface area contributed by atoms with Crippen molar-refractivity contribution in [2.45, 2.75) is 0 Å². The first-order valence-electron chi connectivity index (χ1n) is 3.62. The summed E-state index contributed by atoms with van der Waals surface area (Å²) in [6.45, 7) is 0. The number of hydrogen-bond donors (Lipinski definition) is 0. The molecule has 0 radical (unpaired) electrons. The number of hydrogen-bond acceptors (Lipinski definition) is 1. The van der Waals surface area contributed by atoms with Crippen molar-refractivity contribution >= 4 is 15.9 Å². The lowest BCUT2D eigenvalue weighted by Gasteiger charge is -2.02. The number of halogens is 1. The van der Waals surface area contributed by atoms with Crippen LogP contribution >= 0.6 is 15.9 Å². The van der Waals surface area contributed by atoms with Gasteiger partial charge in [0, 0.05) is 18.6 Å². The van der Waals surface area contributed by atoms with E-state index in [2.05, 4.69) is 20.9 Å². The highest BCUT2D eigenvalue weighted by molar-refractivity contribution is 9.10. The third-order valence-electron chi connectivity index (χ3n) is 1.62. The Morgan fingerprint density at radius 1 is 1.17 bits per heavy atom. The van der Waals surface area contributed by atoms with Crippen molar-refractivity contribution in [2.24, 2.45) is 0 Å². The number of pyridine rings is 1. The molecular weight excluding hydrogens is 216 g/mol. The van der Waals surface area contributed by atoms with Crippen LogP contribution in [0.25, 0.3) is 5.69 Å². The summed E-state index contributed by atoms with van der Waals surface area (Å²) >= 11 is 3.39. The van der Waals surface area contributed by atoms with Crippen LogP contribution in [0.2, 0.25) is 0 Å². The molecule has 2 heterocycles. The second kappa shape index (κ2) is 3.11. The highest BCUT2D eigenvalue weighted by Gasteiger charge is 1.98. The van der Waals surface area contributed by atoms with Gasteiger partial charge in [-0.15, -0.1) is 0 Å². The van der Waals surface area contributed by atoms with Crippen LogP contribution in [0.1, 0.15) is 0 Å². The summed E-state index contributed by atoms with van der Waals surface area (Å²) in [4.78, 5) is 4.13. The maximum Gasteiger partial charge on any atom is 0.130 e. The Balaban J connectivity index is 2.55. The fourth-order valence-corrected chi connectivity index (χ4v) is 1.52. The molecule has 0 saturated carbocycles. The van der Waals surface area contributed by atoms with Crippen molar-refractivity contribution in [2.75, 3.05) is 0 Å². The van der Waals surface area contributed by atoms with E-state index in [4.69, 9.17) is 0 Å². The third-order valence-corrected chi connectivity index (χ3v) is 2.23. The summed E-state index contributed by atoms with van der Waals surface area (Å²) in [5, 5.41) is 0. The highest BCUT2D eigenvalue weighted by atomic mass is 79.9. The summed E-state index contributed by atoms with van der Waals surface area (Å²) in [5.41, 5.74) is 1.06. The zero-order chi connectivity index (χ0) is 8.39. The van der Waals surface area contributed by atoms with Gasteiger partial charge in [-0.25, -0.2) is 4.98 Å². The van der Waals surface area contributed by atoms with Gasteiger partial charge in [-0.2, -0.15) is 0 Å². The minimum absolute atomic E-state index is 0.862. The molecule has 0 amide bonds. The molecule has 12 heavy (non-hydrogen) atoms. The van der Waals surface area contributed by atoms with Crippen LogP contribution in [-0.2, 0) is 0 Å². The second-order valence-corrected chi connectivity index (χ2v) is 3.15. The molecule has 0 atom stereocenters. The largest absolute Gasteiger partial charge is 0.321 e. The van der Waals surface area contributed by atoms with E-state index in [-0.39, 0.29) is 0 Å². The first-order valence-corrected chi connectivity index (χ1v) is 4.41. The van der Waals surface area contributed by atoms with Gasteiger partial charge in [-0.05, 0) is 40.2 Å². The van der Waals surface area contributed by atoms with Crippen LogP contribution in [-0.4, -0.2) is 9.55 Å². The molecule has 60 valence electrons. The first-order chi connectivity index (χ1) is 5.88. The molecule has 0 aliphatic rings. The normalized spacial score (nSPS) is 10.1. The molecule has 0 aromatic carbocycles. The Hall–Kier alpha value is -1.09. The molecule has 0 unspecified atom stereocenters. The molecule has 2 rings (SSSR count). The summed E-state index contributed by atoms with van der Waals surface area (Å²) in [7, 11) is 0. The average Bonchev–Trinajstić information content (AvgIpc) is 2.57. The van der Waals surface area contributed by atoms with Crippen LogP contribution in [0.15, 0.2) is 47.5 Å². The fourth-order valence-electron chi connectivity index (χ4n) is 1.07. The summed E-state index contributed by atoms with van der Waals surface area (Å²) < 4.78 is 2.87. The minimum Gasteiger partial charge on any atom is -0.321 e. The molecule has 2 aromatic rings. The van der Waals surface area contributed by atoms with E-state index >= 15 is 0 Å². The molecule has 0 saturated heterocycles. The standard InChI is InChI=1S/C9H7BrN2/c10-9-8(4-3-5-11-9)12-6-1-2-7-12/h1-7H. The molecule has 0 aliphatic heterocycles. The Morgan fingerprint density at radius 3 is 2.58 bits per heavy atom. The molecule has 0 N–H and O–H groups in total. The smallest absolute Gasteiger partial charge is 0.130 e. The summed E-state index contributed by atoms with van der Waals surface area (Å²) in [5.74, 6) is 0. The van der Waals surface area contributed by atoms with Gasteiger partial charge in [0.15, 0.2) is 0 Å². The summed E-state index contributed by atoms with van der Waals surface area (Å²) in [6.07, 6.45) is 5.74. The Bertz CT molecular complexity index is 368. The van der Waals surface area contributed by atoms with Crippen molar-refractivity contribution < 1.29 is 0 Å². The Labute approximate surface area is 79.0 Å². The van der Waals surface area contributed by atoms with Crippen molar-refractivity contribution in [1.82, 2.24) is 9.55 Å². The van der Waals surface area contributed by atoms with Crippen molar-refractivity contribution in [3.05, 3.63) is 47.5 Å². The number of aromatic nitrogens is 2. The molecule has 2 nitrogen and oxygen atoms in total. The molecule has 0 aliphatic carbocycles. The first kappa shape index (κ1) is 7.55. The quantitative estimate of drug-likeness (QED) is 0.679. The molecular formula is C9H7BrN2.